The molecule has 0 aromatic carbocycles. The molecule has 2 rings (SSSR count). The molecule has 1 fully saturated rings. The van der Waals surface area contributed by atoms with Crippen LogP contribution >= 0.6 is 0 Å². The molecule has 112 valence electrons. The first-order chi connectivity index (χ1) is 9.76. The van der Waals surface area contributed by atoms with Gasteiger partial charge in [0.25, 0.3) is 0 Å². The average molecular weight is 281 g/mol. The van der Waals surface area contributed by atoms with Gasteiger partial charge in [0.05, 0.1) is 14.2 Å². The molecule has 1 aliphatic heterocycles. The van der Waals surface area contributed by atoms with Gasteiger partial charge in [-0.15, -0.1) is 4.98 Å². The summed E-state index contributed by atoms with van der Waals surface area (Å²) >= 11 is 0. The third-order valence-corrected chi connectivity index (χ3v) is 3.33. The van der Waals surface area contributed by atoms with Crippen molar-refractivity contribution < 1.29 is 9.47 Å². The number of aromatic nitrogens is 3. The van der Waals surface area contributed by atoms with Crippen LogP contribution in [-0.4, -0.2) is 54.8 Å². The molecule has 1 atom stereocenters. The Labute approximate surface area is 119 Å². The summed E-state index contributed by atoms with van der Waals surface area (Å²) in [6.45, 7) is 5.06. The standard InChI is InChI=1S/C13H23N5O2/c1-4-7-14-10-6-5-8-18(9-10)11-15-12(19-2)17-13(16-11)20-3/h10,14H,4-9H2,1-3H3. The van der Waals surface area contributed by atoms with Crippen molar-refractivity contribution in [2.24, 2.45) is 0 Å². The topological polar surface area (TPSA) is 72.4 Å². The minimum atomic E-state index is 0.287. The second-order valence-corrected chi connectivity index (χ2v) is 4.85. The molecule has 0 bridgehead atoms. The second kappa shape index (κ2) is 7.23. The highest BCUT2D eigenvalue weighted by molar-refractivity contribution is 5.33. The lowest BCUT2D eigenvalue weighted by Crippen LogP contribution is -2.46. The number of hydrogen-bond acceptors (Lipinski definition) is 7. The third kappa shape index (κ3) is 3.69. The van der Waals surface area contributed by atoms with Crippen LogP contribution in [0.5, 0.6) is 12.0 Å². The van der Waals surface area contributed by atoms with E-state index in [1.54, 1.807) is 14.2 Å². The first-order valence-electron chi connectivity index (χ1n) is 7.09. The van der Waals surface area contributed by atoms with E-state index in [-0.39, 0.29) is 12.0 Å². The van der Waals surface area contributed by atoms with E-state index in [1.807, 2.05) is 0 Å². The molecule has 1 aliphatic rings. The third-order valence-electron chi connectivity index (χ3n) is 3.33. The Balaban J connectivity index is 2.09. The van der Waals surface area contributed by atoms with Crippen LogP contribution in [0.3, 0.4) is 0 Å². The van der Waals surface area contributed by atoms with Gasteiger partial charge >= 0.3 is 12.0 Å². The number of ether oxygens (including phenoxy) is 2. The fourth-order valence-electron chi connectivity index (χ4n) is 2.33. The lowest BCUT2D eigenvalue weighted by Gasteiger charge is -2.33. The maximum absolute atomic E-state index is 5.10. The van der Waals surface area contributed by atoms with E-state index in [4.69, 9.17) is 9.47 Å². The minimum Gasteiger partial charge on any atom is -0.467 e. The molecule has 7 nitrogen and oxygen atoms in total. The molecule has 1 unspecified atom stereocenters. The molecular formula is C13H23N5O2. The largest absolute Gasteiger partial charge is 0.467 e. The van der Waals surface area contributed by atoms with Crippen LogP contribution < -0.4 is 19.7 Å². The molecule has 1 saturated heterocycles. The number of methoxy groups -OCH3 is 2. The fourth-order valence-corrected chi connectivity index (χ4v) is 2.33. The summed E-state index contributed by atoms with van der Waals surface area (Å²) in [5.74, 6) is 0.622. The van der Waals surface area contributed by atoms with E-state index in [9.17, 15) is 0 Å². The zero-order valence-electron chi connectivity index (χ0n) is 12.4. The molecule has 0 amide bonds. The fraction of sp³-hybridized carbons (Fsp3) is 0.769. The Kier molecular flexibility index (Phi) is 5.34. The molecule has 2 heterocycles. The maximum atomic E-state index is 5.10. The van der Waals surface area contributed by atoms with Crippen LogP contribution in [0.25, 0.3) is 0 Å². The molecule has 0 aliphatic carbocycles. The van der Waals surface area contributed by atoms with E-state index in [0.29, 0.717) is 12.0 Å². The van der Waals surface area contributed by atoms with Crippen LogP contribution in [0, 0.1) is 0 Å². The summed E-state index contributed by atoms with van der Waals surface area (Å²) in [5, 5.41) is 3.55. The van der Waals surface area contributed by atoms with Gasteiger partial charge in [0.2, 0.25) is 5.95 Å². The lowest BCUT2D eigenvalue weighted by atomic mass is 10.1. The van der Waals surface area contributed by atoms with Crippen LogP contribution in [0.15, 0.2) is 0 Å². The van der Waals surface area contributed by atoms with Gasteiger partial charge in [-0.2, -0.15) is 9.97 Å². The second-order valence-electron chi connectivity index (χ2n) is 4.85. The van der Waals surface area contributed by atoms with Gasteiger partial charge in [-0.05, 0) is 25.8 Å². The molecule has 20 heavy (non-hydrogen) atoms. The number of rotatable bonds is 6. The zero-order chi connectivity index (χ0) is 14.4. The molecule has 7 heteroatoms. The van der Waals surface area contributed by atoms with E-state index >= 15 is 0 Å². The number of anilines is 1. The Morgan fingerprint density at radius 3 is 2.50 bits per heavy atom. The summed E-state index contributed by atoms with van der Waals surface area (Å²) in [5.41, 5.74) is 0. The van der Waals surface area contributed by atoms with Gasteiger partial charge in [-0.25, -0.2) is 0 Å². The number of nitrogens with one attached hydrogen (secondary N) is 1. The molecule has 0 radical (unpaired) electrons. The summed E-state index contributed by atoms with van der Waals surface area (Å²) in [4.78, 5) is 14.8. The van der Waals surface area contributed by atoms with Gasteiger partial charge in [-0.3, -0.25) is 0 Å². The normalized spacial score (nSPS) is 18.9. The monoisotopic (exact) mass is 281 g/mol. The van der Waals surface area contributed by atoms with Crippen molar-refractivity contribution in [1.29, 1.82) is 0 Å². The molecule has 1 aromatic heterocycles. The van der Waals surface area contributed by atoms with Gasteiger partial charge in [0.1, 0.15) is 0 Å². The quantitative estimate of drug-likeness (QED) is 0.829. The van der Waals surface area contributed by atoms with Gasteiger partial charge in [0.15, 0.2) is 0 Å². The zero-order valence-corrected chi connectivity index (χ0v) is 12.4. The molecule has 0 saturated carbocycles. The van der Waals surface area contributed by atoms with E-state index in [1.165, 1.54) is 6.42 Å². The van der Waals surface area contributed by atoms with Crippen molar-refractivity contribution in [1.82, 2.24) is 20.3 Å². The molecular weight excluding hydrogens is 258 g/mol. The highest BCUT2D eigenvalue weighted by Crippen LogP contribution is 2.20. The van der Waals surface area contributed by atoms with E-state index < -0.39 is 0 Å². The Hall–Kier alpha value is -1.63. The number of nitrogens with zero attached hydrogens (tertiary/aromatic N) is 4. The van der Waals surface area contributed by atoms with Gasteiger partial charge < -0.3 is 19.7 Å². The first-order valence-corrected chi connectivity index (χ1v) is 7.09. The molecule has 1 N–H and O–H groups in total. The lowest BCUT2D eigenvalue weighted by molar-refractivity contribution is 0.337. The summed E-state index contributed by atoms with van der Waals surface area (Å²) in [6.07, 6.45) is 3.46. The van der Waals surface area contributed by atoms with E-state index in [2.05, 4.69) is 32.1 Å². The molecule has 0 spiro atoms. The highest BCUT2D eigenvalue weighted by atomic mass is 16.5. The highest BCUT2D eigenvalue weighted by Gasteiger charge is 2.22. The van der Waals surface area contributed by atoms with Crippen molar-refractivity contribution in [3.63, 3.8) is 0 Å². The minimum absolute atomic E-state index is 0.287. The van der Waals surface area contributed by atoms with Crippen molar-refractivity contribution in [2.45, 2.75) is 32.2 Å². The summed E-state index contributed by atoms with van der Waals surface area (Å²) < 4.78 is 10.2. The molecule has 1 aromatic rings. The summed E-state index contributed by atoms with van der Waals surface area (Å²) in [6, 6.07) is 1.06. The van der Waals surface area contributed by atoms with Crippen molar-refractivity contribution in [2.75, 3.05) is 38.8 Å². The van der Waals surface area contributed by atoms with Gasteiger partial charge in [-0.1, -0.05) is 6.92 Å². The maximum Gasteiger partial charge on any atom is 0.324 e. The predicted molar refractivity (Wildman–Crippen MR) is 76.5 cm³/mol. The number of piperidine rings is 1. The predicted octanol–water partition coefficient (Wildman–Crippen LogP) is 0.857. The van der Waals surface area contributed by atoms with Crippen LogP contribution in [0.2, 0.25) is 0 Å². The summed E-state index contributed by atoms with van der Waals surface area (Å²) in [7, 11) is 3.08. The smallest absolute Gasteiger partial charge is 0.324 e. The van der Waals surface area contributed by atoms with Crippen molar-refractivity contribution >= 4 is 5.95 Å². The Morgan fingerprint density at radius 2 is 1.90 bits per heavy atom. The van der Waals surface area contributed by atoms with Gasteiger partial charge in [0, 0.05) is 19.1 Å². The Bertz CT molecular complexity index is 407. The van der Waals surface area contributed by atoms with Crippen LogP contribution in [0.1, 0.15) is 26.2 Å². The average Bonchev–Trinajstić information content (AvgIpc) is 2.52. The van der Waals surface area contributed by atoms with Crippen LogP contribution in [0.4, 0.5) is 5.95 Å². The first kappa shape index (κ1) is 14.8. The van der Waals surface area contributed by atoms with Crippen LogP contribution in [-0.2, 0) is 0 Å². The van der Waals surface area contributed by atoms with Crippen molar-refractivity contribution in [3.8, 4) is 12.0 Å². The Morgan fingerprint density at radius 1 is 1.20 bits per heavy atom. The number of hydrogen-bond donors (Lipinski definition) is 1. The van der Waals surface area contributed by atoms with E-state index in [0.717, 1.165) is 32.5 Å². The SMILES string of the molecule is CCCNC1CCCN(c2nc(OC)nc(OC)n2)C1. The van der Waals surface area contributed by atoms with Crippen molar-refractivity contribution in [3.05, 3.63) is 0 Å².